The smallest absolute Gasteiger partial charge is 0.315 e. The average Bonchev–Trinajstić information content (AvgIpc) is 3.16. The number of nitrogens with zero attached hydrogens (tertiary/aromatic N) is 1. The number of carbonyl (C=O) groups is 4. The second kappa shape index (κ2) is 9.54. The van der Waals surface area contributed by atoms with E-state index in [2.05, 4.69) is 0 Å². The third-order valence-corrected chi connectivity index (χ3v) is 4.88. The SMILES string of the molecule is CC(C)(CC(=O)O)CC(=O)O.NC(=O)N1CCC[C@H]1C(=O)C1CCCC1. The molecule has 4 N–H and O–H groups in total. The van der Waals surface area contributed by atoms with Crippen molar-refractivity contribution in [3.05, 3.63) is 0 Å². The van der Waals surface area contributed by atoms with Crippen molar-refractivity contribution in [3.8, 4) is 0 Å². The molecular formula is C18H30N2O6. The van der Waals surface area contributed by atoms with Gasteiger partial charge in [-0.1, -0.05) is 26.7 Å². The Hall–Kier alpha value is -2.12. The van der Waals surface area contributed by atoms with Crippen LogP contribution in [0.15, 0.2) is 0 Å². The van der Waals surface area contributed by atoms with Crippen LogP contribution in [0.5, 0.6) is 0 Å². The average molecular weight is 370 g/mol. The number of nitrogens with two attached hydrogens (primary N) is 1. The molecule has 2 amide bonds. The molecule has 0 spiro atoms. The van der Waals surface area contributed by atoms with Crippen molar-refractivity contribution in [2.45, 2.75) is 71.3 Å². The van der Waals surface area contributed by atoms with E-state index in [1.54, 1.807) is 18.7 Å². The number of Topliss-reactive ketones (excluding diaryl/α,β-unsaturated/α-hetero) is 1. The molecule has 0 unspecified atom stereocenters. The van der Waals surface area contributed by atoms with Crippen LogP contribution >= 0.6 is 0 Å². The van der Waals surface area contributed by atoms with Crippen LogP contribution in [0.1, 0.15) is 65.2 Å². The van der Waals surface area contributed by atoms with Gasteiger partial charge >= 0.3 is 18.0 Å². The van der Waals surface area contributed by atoms with Crippen molar-refractivity contribution in [1.82, 2.24) is 4.90 Å². The molecule has 26 heavy (non-hydrogen) atoms. The van der Waals surface area contributed by atoms with Crippen LogP contribution in [0.4, 0.5) is 4.79 Å². The highest BCUT2D eigenvalue weighted by Crippen LogP contribution is 2.30. The van der Waals surface area contributed by atoms with Crippen LogP contribution in [0.25, 0.3) is 0 Å². The van der Waals surface area contributed by atoms with Crippen LogP contribution in [0.3, 0.4) is 0 Å². The number of carboxylic acid groups (broad SMARTS) is 2. The highest BCUT2D eigenvalue weighted by atomic mass is 16.4. The van der Waals surface area contributed by atoms with E-state index in [0.29, 0.717) is 6.54 Å². The van der Waals surface area contributed by atoms with Crippen molar-refractivity contribution in [3.63, 3.8) is 0 Å². The minimum Gasteiger partial charge on any atom is -0.481 e. The Morgan fingerprint density at radius 2 is 1.46 bits per heavy atom. The van der Waals surface area contributed by atoms with Crippen molar-refractivity contribution >= 4 is 23.8 Å². The fraction of sp³-hybridized carbons (Fsp3) is 0.778. The summed E-state index contributed by atoms with van der Waals surface area (Å²) >= 11 is 0. The molecule has 8 heteroatoms. The van der Waals surface area contributed by atoms with Gasteiger partial charge in [0.15, 0.2) is 5.78 Å². The number of carbonyl (C=O) groups excluding carboxylic acids is 2. The number of rotatable bonds is 6. The molecule has 0 aromatic heterocycles. The quantitative estimate of drug-likeness (QED) is 0.655. The molecule has 2 rings (SSSR count). The number of ketones is 1. The summed E-state index contributed by atoms with van der Waals surface area (Å²) in [4.78, 5) is 45.2. The first-order valence-electron chi connectivity index (χ1n) is 9.07. The van der Waals surface area contributed by atoms with Crippen molar-refractivity contribution in [2.75, 3.05) is 6.54 Å². The van der Waals surface area contributed by atoms with Gasteiger partial charge in [-0.3, -0.25) is 14.4 Å². The third kappa shape index (κ3) is 7.01. The lowest BCUT2D eigenvalue weighted by atomic mass is 9.86. The van der Waals surface area contributed by atoms with E-state index in [1.165, 1.54) is 0 Å². The van der Waals surface area contributed by atoms with Gasteiger partial charge in [-0.25, -0.2) is 4.79 Å². The summed E-state index contributed by atoms with van der Waals surface area (Å²) in [5.41, 5.74) is 4.60. The maximum atomic E-state index is 12.1. The van der Waals surface area contributed by atoms with Gasteiger partial charge < -0.3 is 20.8 Å². The van der Waals surface area contributed by atoms with E-state index in [0.717, 1.165) is 38.5 Å². The second-order valence-corrected chi connectivity index (χ2v) is 7.88. The number of likely N-dealkylation sites (tertiary alicyclic amines) is 1. The number of hydrogen-bond donors (Lipinski definition) is 3. The van der Waals surface area contributed by atoms with Gasteiger partial charge in [0.1, 0.15) is 0 Å². The molecule has 2 aliphatic rings. The Morgan fingerprint density at radius 1 is 0.962 bits per heavy atom. The number of aliphatic carboxylic acids is 2. The van der Waals surface area contributed by atoms with Gasteiger partial charge in [0.25, 0.3) is 0 Å². The first-order chi connectivity index (χ1) is 12.0. The monoisotopic (exact) mass is 370 g/mol. The summed E-state index contributed by atoms with van der Waals surface area (Å²) in [6.45, 7) is 3.89. The Kier molecular flexibility index (Phi) is 8.05. The Labute approximate surface area is 153 Å². The Morgan fingerprint density at radius 3 is 1.88 bits per heavy atom. The highest BCUT2D eigenvalue weighted by Gasteiger charge is 2.37. The molecule has 0 aromatic rings. The largest absolute Gasteiger partial charge is 0.481 e. The minimum atomic E-state index is -0.962. The number of carboxylic acids is 2. The molecule has 1 aliphatic heterocycles. The summed E-state index contributed by atoms with van der Waals surface area (Å²) in [5, 5.41) is 16.7. The van der Waals surface area contributed by atoms with Gasteiger partial charge in [0.05, 0.1) is 18.9 Å². The lowest BCUT2D eigenvalue weighted by Gasteiger charge is -2.23. The molecule has 1 heterocycles. The molecular weight excluding hydrogens is 340 g/mol. The van der Waals surface area contributed by atoms with Gasteiger partial charge in [-0.2, -0.15) is 0 Å². The van der Waals surface area contributed by atoms with Crippen LogP contribution in [-0.2, 0) is 14.4 Å². The predicted molar refractivity (Wildman–Crippen MR) is 94.6 cm³/mol. The van der Waals surface area contributed by atoms with E-state index in [9.17, 15) is 19.2 Å². The van der Waals surface area contributed by atoms with Crippen LogP contribution < -0.4 is 5.73 Å². The zero-order valence-electron chi connectivity index (χ0n) is 15.6. The van der Waals surface area contributed by atoms with Gasteiger partial charge in [-0.05, 0) is 31.1 Å². The molecule has 0 bridgehead atoms. The third-order valence-electron chi connectivity index (χ3n) is 4.88. The van der Waals surface area contributed by atoms with Gasteiger partial charge in [-0.15, -0.1) is 0 Å². The minimum absolute atomic E-state index is 0.112. The van der Waals surface area contributed by atoms with Crippen LogP contribution in [-0.4, -0.2) is 51.5 Å². The number of hydrogen-bond acceptors (Lipinski definition) is 4. The number of primary amides is 1. The van der Waals surface area contributed by atoms with Crippen molar-refractivity contribution < 1.29 is 29.4 Å². The fourth-order valence-electron chi connectivity index (χ4n) is 3.69. The first kappa shape index (κ1) is 21.9. The van der Waals surface area contributed by atoms with E-state index < -0.39 is 23.4 Å². The maximum absolute atomic E-state index is 12.1. The predicted octanol–water partition coefficient (Wildman–Crippen LogP) is 2.25. The standard InChI is InChI=1S/C11H18N2O2.C7H12O4/c12-11(15)13-7-3-6-9(13)10(14)8-4-1-2-5-8;1-7(2,3-5(8)9)4-6(10)11/h8-9H,1-7H2,(H2,12,15);3-4H2,1-2H3,(H,8,9)(H,10,11)/t9-;/m0./s1. The van der Waals surface area contributed by atoms with Crippen LogP contribution in [0, 0.1) is 11.3 Å². The molecule has 1 atom stereocenters. The zero-order chi connectivity index (χ0) is 19.9. The molecule has 1 saturated heterocycles. The molecule has 2 fully saturated rings. The molecule has 0 aromatic carbocycles. The Balaban J connectivity index is 0.000000276. The van der Waals surface area contributed by atoms with E-state index in [-0.39, 0.29) is 30.6 Å². The van der Waals surface area contributed by atoms with E-state index in [1.807, 2.05) is 0 Å². The first-order valence-corrected chi connectivity index (χ1v) is 9.07. The van der Waals surface area contributed by atoms with E-state index >= 15 is 0 Å². The fourth-order valence-corrected chi connectivity index (χ4v) is 3.69. The summed E-state index contributed by atoms with van der Waals surface area (Å²) in [6.07, 6.45) is 5.80. The van der Waals surface area contributed by atoms with Crippen molar-refractivity contribution in [1.29, 1.82) is 0 Å². The maximum Gasteiger partial charge on any atom is 0.315 e. The lowest BCUT2D eigenvalue weighted by molar-refractivity contribution is -0.142. The second-order valence-electron chi connectivity index (χ2n) is 7.88. The number of amides is 2. The summed E-state index contributed by atoms with van der Waals surface area (Å²) < 4.78 is 0. The molecule has 1 aliphatic carbocycles. The molecule has 8 nitrogen and oxygen atoms in total. The summed E-state index contributed by atoms with van der Waals surface area (Å²) in [6, 6.07) is -0.658. The van der Waals surface area contributed by atoms with Crippen molar-refractivity contribution in [2.24, 2.45) is 17.1 Å². The topological polar surface area (TPSA) is 138 Å². The van der Waals surface area contributed by atoms with E-state index in [4.69, 9.17) is 15.9 Å². The molecule has 0 radical (unpaired) electrons. The Bertz CT molecular complexity index is 522. The molecule has 148 valence electrons. The van der Waals surface area contributed by atoms with Gasteiger partial charge in [0, 0.05) is 12.5 Å². The molecule has 1 saturated carbocycles. The highest BCUT2D eigenvalue weighted by molar-refractivity contribution is 5.90. The van der Waals surface area contributed by atoms with Crippen LogP contribution in [0.2, 0.25) is 0 Å². The number of urea groups is 1. The summed E-state index contributed by atoms with van der Waals surface area (Å²) in [5.74, 6) is -1.48. The van der Waals surface area contributed by atoms with Gasteiger partial charge in [0.2, 0.25) is 0 Å². The lowest BCUT2D eigenvalue weighted by Crippen LogP contribution is -2.45. The zero-order valence-corrected chi connectivity index (χ0v) is 15.6. The normalized spacial score (nSPS) is 20.4. The summed E-state index contributed by atoms with van der Waals surface area (Å²) in [7, 11) is 0.